The van der Waals surface area contributed by atoms with E-state index in [1.54, 1.807) is 13.3 Å². The van der Waals surface area contributed by atoms with Crippen molar-refractivity contribution in [3.8, 4) is 5.88 Å². The lowest BCUT2D eigenvalue weighted by molar-refractivity contribution is 0.185. The average Bonchev–Trinajstić information content (AvgIpc) is 2.65. The maximum absolute atomic E-state index is 5.38. The van der Waals surface area contributed by atoms with Crippen molar-refractivity contribution in [3.63, 3.8) is 0 Å². The molecule has 0 saturated carbocycles. The van der Waals surface area contributed by atoms with Gasteiger partial charge in [0.2, 0.25) is 5.88 Å². The summed E-state index contributed by atoms with van der Waals surface area (Å²) in [4.78, 5) is 4.06. The predicted molar refractivity (Wildman–Crippen MR) is 58.3 cm³/mol. The van der Waals surface area contributed by atoms with Gasteiger partial charge in [0.1, 0.15) is 0 Å². The van der Waals surface area contributed by atoms with Crippen LogP contribution in [0.15, 0.2) is 18.3 Å². The summed E-state index contributed by atoms with van der Waals surface area (Å²) >= 11 is 0. The van der Waals surface area contributed by atoms with Crippen LogP contribution >= 0.6 is 0 Å². The minimum Gasteiger partial charge on any atom is -0.481 e. The van der Waals surface area contributed by atoms with E-state index in [1.807, 2.05) is 12.1 Å². The molecule has 1 aromatic heterocycles. The Kier molecular flexibility index (Phi) is 2.77. The first-order chi connectivity index (χ1) is 7.22. The topological polar surface area (TPSA) is 43.4 Å². The quantitative estimate of drug-likeness (QED) is 0.820. The highest BCUT2D eigenvalue weighted by atomic mass is 16.5. The molecule has 4 nitrogen and oxygen atoms in total. The van der Waals surface area contributed by atoms with Gasteiger partial charge < -0.3 is 14.8 Å². The zero-order chi connectivity index (χ0) is 10.7. The molecular weight excluding hydrogens is 192 g/mol. The molecule has 1 aliphatic rings. The van der Waals surface area contributed by atoms with Crippen LogP contribution in [0.2, 0.25) is 0 Å². The lowest BCUT2D eigenvalue weighted by atomic mass is 10.0. The maximum Gasteiger partial charge on any atom is 0.214 e. The van der Waals surface area contributed by atoms with Crippen molar-refractivity contribution in [2.45, 2.75) is 18.9 Å². The highest BCUT2D eigenvalue weighted by Gasteiger charge is 2.29. The lowest BCUT2D eigenvalue weighted by Crippen LogP contribution is -2.34. The minimum atomic E-state index is 0.0341. The minimum absolute atomic E-state index is 0.0341. The van der Waals surface area contributed by atoms with E-state index in [2.05, 4.69) is 17.2 Å². The zero-order valence-corrected chi connectivity index (χ0v) is 9.12. The van der Waals surface area contributed by atoms with Gasteiger partial charge in [-0.2, -0.15) is 0 Å². The third-order valence-corrected chi connectivity index (χ3v) is 2.61. The number of methoxy groups -OCH3 is 1. The normalized spacial score (nSPS) is 25.2. The summed E-state index contributed by atoms with van der Waals surface area (Å²) in [7, 11) is 1.62. The number of ether oxygens (including phenoxy) is 2. The SMILES string of the molecule is COc1cc(NC2(C)CCOC2)ccn1. The fourth-order valence-electron chi connectivity index (χ4n) is 1.71. The number of aromatic nitrogens is 1. The molecule has 0 spiro atoms. The molecule has 1 N–H and O–H groups in total. The largest absolute Gasteiger partial charge is 0.481 e. The Balaban J connectivity index is 2.09. The van der Waals surface area contributed by atoms with Crippen LogP contribution in [0.3, 0.4) is 0 Å². The van der Waals surface area contributed by atoms with Crippen molar-refractivity contribution in [3.05, 3.63) is 18.3 Å². The Morgan fingerprint density at radius 1 is 1.60 bits per heavy atom. The standard InChI is InChI=1S/C11H16N2O2/c1-11(4-6-15-8-11)13-9-3-5-12-10(7-9)14-2/h3,5,7H,4,6,8H2,1-2H3,(H,12,13). The highest BCUT2D eigenvalue weighted by Crippen LogP contribution is 2.24. The van der Waals surface area contributed by atoms with Crippen molar-refractivity contribution in [1.82, 2.24) is 4.98 Å². The monoisotopic (exact) mass is 208 g/mol. The molecule has 2 rings (SSSR count). The number of anilines is 1. The van der Waals surface area contributed by atoms with Crippen molar-refractivity contribution in [2.75, 3.05) is 25.6 Å². The Hall–Kier alpha value is -1.29. The fourth-order valence-corrected chi connectivity index (χ4v) is 1.71. The van der Waals surface area contributed by atoms with E-state index >= 15 is 0 Å². The molecule has 0 amide bonds. The van der Waals surface area contributed by atoms with Gasteiger partial charge in [-0.3, -0.25) is 0 Å². The average molecular weight is 208 g/mol. The van der Waals surface area contributed by atoms with Crippen LogP contribution in [0.25, 0.3) is 0 Å². The Labute approximate surface area is 89.6 Å². The predicted octanol–water partition coefficient (Wildman–Crippen LogP) is 1.68. The third kappa shape index (κ3) is 2.39. The van der Waals surface area contributed by atoms with E-state index in [9.17, 15) is 0 Å². The first kappa shape index (κ1) is 10.2. The van der Waals surface area contributed by atoms with Crippen LogP contribution in [0, 0.1) is 0 Å². The van der Waals surface area contributed by atoms with Crippen molar-refractivity contribution < 1.29 is 9.47 Å². The van der Waals surface area contributed by atoms with Crippen molar-refractivity contribution >= 4 is 5.69 Å². The van der Waals surface area contributed by atoms with Crippen LogP contribution in [0.1, 0.15) is 13.3 Å². The van der Waals surface area contributed by atoms with Crippen LogP contribution in [0.5, 0.6) is 5.88 Å². The van der Waals surface area contributed by atoms with Gasteiger partial charge in [0, 0.05) is 24.6 Å². The second kappa shape index (κ2) is 4.06. The van der Waals surface area contributed by atoms with E-state index in [1.165, 1.54) is 0 Å². The molecule has 1 atom stereocenters. The second-order valence-electron chi connectivity index (χ2n) is 4.08. The van der Waals surface area contributed by atoms with Crippen LogP contribution in [-0.2, 0) is 4.74 Å². The Bertz CT molecular complexity index is 335. The number of rotatable bonds is 3. The lowest BCUT2D eigenvalue weighted by Gasteiger charge is -2.24. The first-order valence-corrected chi connectivity index (χ1v) is 5.08. The Morgan fingerprint density at radius 2 is 2.47 bits per heavy atom. The van der Waals surface area contributed by atoms with Crippen LogP contribution in [0.4, 0.5) is 5.69 Å². The second-order valence-corrected chi connectivity index (χ2v) is 4.08. The number of pyridine rings is 1. The first-order valence-electron chi connectivity index (χ1n) is 5.08. The summed E-state index contributed by atoms with van der Waals surface area (Å²) in [5.74, 6) is 0.627. The summed E-state index contributed by atoms with van der Waals surface area (Å²) in [5, 5.41) is 3.45. The van der Waals surface area contributed by atoms with E-state index < -0.39 is 0 Å². The number of hydrogen-bond donors (Lipinski definition) is 1. The molecule has 1 unspecified atom stereocenters. The molecule has 1 fully saturated rings. The Morgan fingerprint density at radius 3 is 3.13 bits per heavy atom. The molecule has 82 valence electrons. The van der Waals surface area contributed by atoms with Crippen molar-refractivity contribution in [1.29, 1.82) is 0 Å². The maximum atomic E-state index is 5.38. The van der Waals surface area contributed by atoms with E-state index in [0.717, 1.165) is 25.3 Å². The zero-order valence-electron chi connectivity index (χ0n) is 9.12. The van der Waals surface area contributed by atoms with Gasteiger partial charge in [0.15, 0.2) is 0 Å². The van der Waals surface area contributed by atoms with E-state index in [0.29, 0.717) is 5.88 Å². The van der Waals surface area contributed by atoms with Gasteiger partial charge in [-0.25, -0.2) is 4.98 Å². The summed E-state index contributed by atoms with van der Waals surface area (Å²) in [6, 6.07) is 3.83. The molecule has 0 aromatic carbocycles. The molecule has 1 aromatic rings. The number of nitrogens with one attached hydrogen (secondary N) is 1. The fraction of sp³-hybridized carbons (Fsp3) is 0.545. The van der Waals surface area contributed by atoms with E-state index in [4.69, 9.17) is 9.47 Å². The van der Waals surface area contributed by atoms with Gasteiger partial charge in [0.25, 0.3) is 0 Å². The van der Waals surface area contributed by atoms with Crippen molar-refractivity contribution in [2.24, 2.45) is 0 Å². The third-order valence-electron chi connectivity index (χ3n) is 2.61. The van der Waals surface area contributed by atoms with Gasteiger partial charge in [-0.05, 0) is 19.4 Å². The number of nitrogens with zero attached hydrogens (tertiary/aromatic N) is 1. The molecule has 4 heteroatoms. The summed E-state index contributed by atoms with van der Waals surface area (Å²) < 4.78 is 10.4. The summed E-state index contributed by atoms with van der Waals surface area (Å²) in [5.41, 5.74) is 1.06. The molecule has 1 saturated heterocycles. The van der Waals surface area contributed by atoms with Gasteiger partial charge in [-0.15, -0.1) is 0 Å². The molecular formula is C11H16N2O2. The molecule has 1 aliphatic heterocycles. The van der Waals surface area contributed by atoms with Gasteiger partial charge in [0.05, 0.1) is 19.3 Å². The molecule has 0 aliphatic carbocycles. The molecule has 0 radical (unpaired) electrons. The van der Waals surface area contributed by atoms with Gasteiger partial charge in [-0.1, -0.05) is 0 Å². The molecule has 15 heavy (non-hydrogen) atoms. The summed E-state index contributed by atoms with van der Waals surface area (Å²) in [6.45, 7) is 3.73. The number of hydrogen-bond acceptors (Lipinski definition) is 4. The smallest absolute Gasteiger partial charge is 0.214 e. The van der Waals surface area contributed by atoms with Gasteiger partial charge >= 0.3 is 0 Å². The summed E-state index contributed by atoms with van der Waals surface area (Å²) in [6.07, 6.45) is 2.76. The van der Waals surface area contributed by atoms with Crippen LogP contribution < -0.4 is 10.1 Å². The molecule has 2 heterocycles. The highest BCUT2D eigenvalue weighted by molar-refractivity contribution is 5.47. The van der Waals surface area contributed by atoms with E-state index in [-0.39, 0.29) is 5.54 Å². The molecule has 0 bridgehead atoms. The van der Waals surface area contributed by atoms with Crippen LogP contribution in [-0.4, -0.2) is 30.8 Å².